The van der Waals surface area contributed by atoms with Crippen molar-refractivity contribution < 1.29 is 22.5 Å². The molecule has 40 heavy (non-hydrogen) atoms. The summed E-state index contributed by atoms with van der Waals surface area (Å²) in [5.41, 5.74) is 1.97. The molecule has 0 spiro atoms. The van der Waals surface area contributed by atoms with Crippen LogP contribution in [0.4, 0.5) is 5.82 Å². The number of methoxy groups -OCH3 is 1. The molecule has 5 aromatic rings. The van der Waals surface area contributed by atoms with Crippen molar-refractivity contribution in [2.45, 2.75) is 20.0 Å². The number of amides is 1. The van der Waals surface area contributed by atoms with Crippen molar-refractivity contribution in [3.05, 3.63) is 59.4 Å². The van der Waals surface area contributed by atoms with E-state index < -0.39 is 10.1 Å². The predicted molar refractivity (Wildman–Crippen MR) is 150 cm³/mol. The van der Waals surface area contributed by atoms with E-state index in [9.17, 15) is 13.2 Å². The summed E-state index contributed by atoms with van der Waals surface area (Å²) in [5, 5.41) is 22.2. The number of hydrogen-bond donors (Lipinski definition) is 3. The Balaban J connectivity index is 0.000000681. The summed E-state index contributed by atoms with van der Waals surface area (Å²) in [5.74, 6) is 1.40. The average molecular weight is 588 g/mol. The van der Waals surface area contributed by atoms with Gasteiger partial charge in [0.1, 0.15) is 17.8 Å². The zero-order chi connectivity index (χ0) is 29.0. The molecule has 16 heteroatoms. The van der Waals surface area contributed by atoms with Gasteiger partial charge >= 0.3 is 0 Å². The normalized spacial score (nSPS) is 11.2. The highest BCUT2D eigenvalue weighted by Gasteiger charge is 2.18. The van der Waals surface area contributed by atoms with Gasteiger partial charge in [-0.2, -0.15) is 13.5 Å². The van der Waals surface area contributed by atoms with Crippen molar-refractivity contribution in [2.24, 2.45) is 0 Å². The van der Waals surface area contributed by atoms with Crippen LogP contribution in [-0.2, 0) is 23.2 Å². The zero-order valence-corrected chi connectivity index (χ0v) is 23.5. The Morgan fingerprint density at radius 2 is 1.93 bits per heavy atom. The number of aryl methyl sites for hydroxylation is 1. The molecule has 0 aliphatic rings. The van der Waals surface area contributed by atoms with Gasteiger partial charge in [0.25, 0.3) is 16.0 Å². The third kappa shape index (κ3) is 6.27. The topological polar surface area (TPSA) is 179 Å². The summed E-state index contributed by atoms with van der Waals surface area (Å²) in [4.78, 5) is 20.8. The molecule has 14 nitrogen and oxygen atoms in total. The quantitative estimate of drug-likeness (QED) is 0.238. The van der Waals surface area contributed by atoms with E-state index >= 15 is 0 Å². The molecule has 0 unspecified atom stereocenters. The van der Waals surface area contributed by atoms with Crippen molar-refractivity contribution in [1.82, 2.24) is 39.8 Å². The summed E-state index contributed by atoms with van der Waals surface area (Å²) >= 11 is 6.29. The van der Waals surface area contributed by atoms with Crippen molar-refractivity contribution in [3.63, 3.8) is 0 Å². The summed E-state index contributed by atoms with van der Waals surface area (Å²) in [6.45, 7) is 3.15. The Labute approximate surface area is 234 Å². The van der Waals surface area contributed by atoms with Crippen molar-refractivity contribution in [3.8, 4) is 11.6 Å². The minimum atomic E-state index is -3.67. The van der Waals surface area contributed by atoms with E-state index in [1.54, 1.807) is 37.3 Å². The van der Waals surface area contributed by atoms with Crippen LogP contribution in [0.25, 0.3) is 27.6 Å². The number of aromatic nitrogens is 7. The second kappa shape index (κ2) is 11.8. The molecule has 0 bridgehead atoms. The lowest BCUT2D eigenvalue weighted by Crippen LogP contribution is -2.18. The van der Waals surface area contributed by atoms with E-state index in [1.807, 2.05) is 29.8 Å². The maximum atomic E-state index is 12.0. The van der Waals surface area contributed by atoms with Crippen LogP contribution < -0.4 is 15.4 Å². The molecule has 3 N–H and O–H groups in total. The molecule has 1 amide bonds. The van der Waals surface area contributed by atoms with Gasteiger partial charge < -0.3 is 15.4 Å². The van der Waals surface area contributed by atoms with Gasteiger partial charge in [-0.1, -0.05) is 17.7 Å². The lowest BCUT2D eigenvalue weighted by Gasteiger charge is -2.13. The summed E-state index contributed by atoms with van der Waals surface area (Å²) in [6, 6.07) is 5.60. The highest BCUT2D eigenvalue weighted by molar-refractivity contribution is 7.85. The molecule has 4 aromatic heterocycles. The van der Waals surface area contributed by atoms with Crippen LogP contribution in [0.3, 0.4) is 0 Å². The maximum absolute atomic E-state index is 12.0. The molecule has 1 aromatic carbocycles. The molecular formula is C24H26ClN9O5S. The van der Waals surface area contributed by atoms with E-state index in [-0.39, 0.29) is 11.6 Å². The van der Waals surface area contributed by atoms with Crippen molar-refractivity contribution in [1.29, 1.82) is 0 Å². The average Bonchev–Trinajstić information content (AvgIpc) is 3.58. The number of carbonyl (C=O) groups excluding carboxylic acids is 1. The Bertz CT molecular complexity index is 1800. The Hall–Kier alpha value is -4.34. The molecule has 210 valence electrons. The van der Waals surface area contributed by atoms with Crippen LogP contribution in [0, 0.1) is 0 Å². The van der Waals surface area contributed by atoms with E-state index in [1.165, 1.54) is 6.33 Å². The van der Waals surface area contributed by atoms with Gasteiger partial charge in [-0.05, 0) is 24.6 Å². The fraction of sp³-hybridized carbons (Fsp3) is 0.250. The number of benzene rings is 1. The van der Waals surface area contributed by atoms with Crippen molar-refractivity contribution >= 4 is 55.2 Å². The number of pyridine rings is 1. The summed E-state index contributed by atoms with van der Waals surface area (Å²) in [6.07, 6.45) is 7.37. The van der Waals surface area contributed by atoms with Gasteiger partial charge in [0.2, 0.25) is 0 Å². The molecule has 4 heterocycles. The van der Waals surface area contributed by atoms with Gasteiger partial charge in [0, 0.05) is 43.3 Å². The minimum absolute atomic E-state index is 0.272. The Morgan fingerprint density at radius 1 is 1.18 bits per heavy atom. The van der Waals surface area contributed by atoms with E-state index in [4.69, 9.17) is 20.9 Å². The van der Waals surface area contributed by atoms with Crippen molar-refractivity contribution in [2.75, 3.05) is 25.7 Å². The number of carbonyl (C=O) groups is 1. The molecule has 0 radical (unpaired) electrons. The van der Waals surface area contributed by atoms with E-state index in [0.717, 1.165) is 27.4 Å². The molecule has 0 aliphatic carbocycles. The first-order valence-corrected chi connectivity index (χ1v) is 14.0. The molecular weight excluding hydrogens is 562 g/mol. The third-order valence-electron chi connectivity index (χ3n) is 5.65. The highest BCUT2D eigenvalue weighted by atomic mass is 35.5. The first-order chi connectivity index (χ1) is 19.0. The smallest absolute Gasteiger partial charge is 0.271 e. The van der Waals surface area contributed by atoms with Crippen LogP contribution in [0.5, 0.6) is 5.75 Å². The number of hydrogen-bond acceptors (Lipinski definition) is 10. The lowest BCUT2D eigenvalue weighted by molar-refractivity contribution is 0.0958. The number of halogens is 1. The summed E-state index contributed by atoms with van der Waals surface area (Å²) < 4.78 is 34.6. The molecule has 0 saturated carbocycles. The van der Waals surface area contributed by atoms with Gasteiger partial charge in [-0.3, -0.25) is 13.9 Å². The second-order valence-electron chi connectivity index (χ2n) is 8.42. The van der Waals surface area contributed by atoms with Gasteiger partial charge in [-0.15, -0.1) is 10.2 Å². The third-order valence-corrected chi connectivity index (χ3v) is 5.95. The van der Waals surface area contributed by atoms with Gasteiger partial charge in [0.05, 0.1) is 30.0 Å². The number of imidazole rings is 1. The number of fused-ring (bicyclic) bond motifs is 3. The molecule has 0 atom stereocenters. The lowest BCUT2D eigenvalue weighted by atomic mass is 10.1. The first-order valence-electron chi connectivity index (χ1n) is 11.8. The number of nitrogens with one attached hydrogen (secondary N) is 2. The number of nitrogens with zero attached hydrogens (tertiary/aromatic N) is 7. The second-order valence-corrected chi connectivity index (χ2v) is 10.3. The fourth-order valence-electron chi connectivity index (χ4n) is 3.89. The Kier molecular flexibility index (Phi) is 8.46. The largest absolute Gasteiger partial charge is 0.495 e. The van der Waals surface area contributed by atoms with Crippen LogP contribution in [0.1, 0.15) is 23.0 Å². The standard InChI is InChI=1S/C23H22ClN9O2.CH4O3S/c1-4-33-21-15(10-29-33)19-14(9-27-21)22(32-11-17(28-12-32)23(34)25-2)31-30-20(19)26-8-13-5-6-18(35-3)16(24)7-13;1-5(2,3)4/h5-7,9-12H,4,8H2,1-3H3,(H,25,34)(H,26,30);1H3,(H,2,3,4). The van der Waals surface area contributed by atoms with Crippen LogP contribution in [0.15, 0.2) is 43.1 Å². The fourth-order valence-corrected chi connectivity index (χ4v) is 4.17. The molecule has 0 saturated heterocycles. The summed E-state index contributed by atoms with van der Waals surface area (Å²) in [7, 11) is -0.533. The maximum Gasteiger partial charge on any atom is 0.271 e. The molecule has 5 rings (SSSR count). The van der Waals surface area contributed by atoms with Gasteiger partial charge in [0.15, 0.2) is 17.3 Å². The molecule has 0 aliphatic heterocycles. The predicted octanol–water partition coefficient (Wildman–Crippen LogP) is 2.72. The van der Waals surface area contributed by atoms with Crippen LogP contribution in [-0.4, -0.2) is 73.8 Å². The zero-order valence-electron chi connectivity index (χ0n) is 22.0. The van der Waals surface area contributed by atoms with E-state index in [2.05, 4.69) is 35.9 Å². The number of ether oxygens (including phenoxy) is 1. The Morgan fingerprint density at radius 3 is 2.58 bits per heavy atom. The highest BCUT2D eigenvalue weighted by Crippen LogP contribution is 2.32. The minimum Gasteiger partial charge on any atom is -0.495 e. The number of rotatable bonds is 7. The number of anilines is 1. The van der Waals surface area contributed by atoms with Crippen LogP contribution >= 0.6 is 11.6 Å². The first kappa shape index (κ1) is 28.7. The monoisotopic (exact) mass is 587 g/mol. The molecule has 0 fully saturated rings. The van der Waals surface area contributed by atoms with Gasteiger partial charge in [-0.25, -0.2) is 14.6 Å². The van der Waals surface area contributed by atoms with E-state index in [0.29, 0.717) is 41.8 Å². The SMILES string of the molecule is CCn1ncc2c3c(NCc4ccc(OC)c(Cl)c4)nnc(-n4cnc(C(=O)NC)c4)c3cnc21.CS(=O)(=O)O. The van der Waals surface area contributed by atoms with Crippen LogP contribution in [0.2, 0.25) is 5.02 Å².